The topological polar surface area (TPSA) is 43.8 Å². The molecule has 0 aromatic carbocycles. The van der Waals surface area contributed by atoms with E-state index < -0.39 is 0 Å². The molecule has 2 fully saturated rings. The lowest BCUT2D eigenvalue weighted by atomic mass is 9.98. The summed E-state index contributed by atoms with van der Waals surface area (Å²) in [6.45, 7) is 6.34. The van der Waals surface area contributed by atoms with E-state index in [-0.39, 0.29) is 18.1 Å². The Balaban J connectivity index is 1.92. The van der Waals surface area contributed by atoms with Gasteiger partial charge in [0.25, 0.3) is 0 Å². The zero-order chi connectivity index (χ0) is 13.8. The van der Waals surface area contributed by atoms with E-state index in [2.05, 4.69) is 11.8 Å². The van der Waals surface area contributed by atoms with Crippen molar-refractivity contribution in [3.8, 4) is 0 Å². The van der Waals surface area contributed by atoms with Crippen LogP contribution in [0.4, 0.5) is 0 Å². The molecule has 0 aromatic heterocycles. The van der Waals surface area contributed by atoms with E-state index in [0.29, 0.717) is 12.6 Å². The van der Waals surface area contributed by atoms with E-state index in [1.807, 2.05) is 11.8 Å². The van der Waals surface area contributed by atoms with Crippen molar-refractivity contribution in [1.29, 1.82) is 0 Å². The van der Waals surface area contributed by atoms with Crippen molar-refractivity contribution in [2.45, 2.75) is 70.6 Å². The molecule has 2 aliphatic rings. The molecule has 1 amide bonds. The van der Waals surface area contributed by atoms with Gasteiger partial charge in [0.05, 0.1) is 12.6 Å². The Labute approximate surface area is 116 Å². The second-order valence-corrected chi connectivity index (χ2v) is 6.21. The largest absolute Gasteiger partial charge is 0.392 e. The molecule has 3 atom stereocenters. The summed E-state index contributed by atoms with van der Waals surface area (Å²) in [7, 11) is 0. The summed E-state index contributed by atoms with van der Waals surface area (Å²) < 4.78 is 0. The zero-order valence-corrected chi connectivity index (χ0v) is 12.3. The van der Waals surface area contributed by atoms with Gasteiger partial charge in [-0.1, -0.05) is 6.42 Å². The van der Waals surface area contributed by atoms with Gasteiger partial charge in [-0.25, -0.2) is 0 Å². The molecule has 0 saturated carbocycles. The smallest absolute Gasteiger partial charge is 0.236 e. The third-order valence-electron chi connectivity index (χ3n) is 4.68. The summed E-state index contributed by atoms with van der Waals surface area (Å²) >= 11 is 0. The van der Waals surface area contributed by atoms with Crippen molar-refractivity contribution in [1.82, 2.24) is 9.80 Å². The maximum atomic E-state index is 12.4. The van der Waals surface area contributed by atoms with Crippen LogP contribution in [0, 0.1) is 0 Å². The lowest BCUT2D eigenvalue weighted by Crippen LogP contribution is -2.52. The summed E-state index contributed by atoms with van der Waals surface area (Å²) in [6, 6.07) is 0.550. The molecule has 3 unspecified atom stereocenters. The molecule has 110 valence electrons. The third-order valence-corrected chi connectivity index (χ3v) is 4.68. The number of aliphatic hydroxyl groups is 1. The highest BCUT2D eigenvalue weighted by Crippen LogP contribution is 2.21. The van der Waals surface area contributed by atoms with Crippen LogP contribution in [0.25, 0.3) is 0 Å². The highest BCUT2D eigenvalue weighted by Gasteiger charge is 2.30. The minimum atomic E-state index is -0.341. The number of nitrogens with zero attached hydrogens (tertiary/aromatic N) is 2. The van der Waals surface area contributed by atoms with Crippen LogP contribution in [-0.4, -0.2) is 58.6 Å². The Morgan fingerprint density at radius 2 is 1.89 bits per heavy atom. The number of hydrogen-bond acceptors (Lipinski definition) is 3. The molecule has 0 radical (unpaired) electrons. The van der Waals surface area contributed by atoms with Crippen LogP contribution < -0.4 is 0 Å². The maximum Gasteiger partial charge on any atom is 0.236 e. The highest BCUT2D eigenvalue weighted by molar-refractivity contribution is 5.78. The molecule has 2 heterocycles. The van der Waals surface area contributed by atoms with Crippen LogP contribution in [0.2, 0.25) is 0 Å². The first-order valence-electron chi connectivity index (χ1n) is 7.81. The van der Waals surface area contributed by atoms with Crippen molar-refractivity contribution >= 4 is 5.91 Å². The first kappa shape index (κ1) is 14.8. The predicted molar refractivity (Wildman–Crippen MR) is 75.9 cm³/mol. The van der Waals surface area contributed by atoms with Gasteiger partial charge in [-0.15, -0.1) is 0 Å². The van der Waals surface area contributed by atoms with Gasteiger partial charge in [-0.05, 0) is 52.5 Å². The Hall–Kier alpha value is -0.610. The number of likely N-dealkylation sites (tertiary alicyclic amines) is 2. The fraction of sp³-hybridized carbons (Fsp3) is 0.933. The van der Waals surface area contributed by atoms with Crippen molar-refractivity contribution in [3.63, 3.8) is 0 Å². The summed E-state index contributed by atoms with van der Waals surface area (Å²) in [4.78, 5) is 16.7. The number of carbonyl (C=O) groups excluding carboxylic acids is 1. The number of rotatable bonds is 3. The van der Waals surface area contributed by atoms with Gasteiger partial charge in [-0.2, -0.15) is 0 Å². The summed E-state index contributed by atoms with van der Waals surface area (Å²) in [6.07, 6.45) is 6.49. The Bertz CT molecular complexity index is 307. The Morgan fingerprint density at radius 3 is 2.58 bits per heavy atom. The number of amides is 1. The van der Waals surface area contributed by atoms with Crippen LogP contribution in [-0.2, 0) is 4.79 Å². The van der Waals surface area contributed by atoms with Gasteiger partial charge in [0.2, 0.25) is 5.91 Å². The molecule has 0 spiro atoms. The first-order chi connectivity index (χ1) is 9.09. The van der Waals surface area contributed by atoms with Crippen molar-refractivity contribution < 1.29 is 9.90 Å². The van der Waals surface area contributed by atoms with E-state index in [0.717, 1.165) is 38.8 Å². The molecule has 2 rings (SSSR count). The molecule has 0 aromatic rings. The van der Waals surface area contributed by atoms with Gasteiger partial charge in [-0.3, -0.25) is 9.69 Å². The van der Waals surface area contributed by atoms with Crippen LogP contribution >= 0.6 is 0 Å². The minimum absolute atomic E-state index is 0.165. The van der Waals surface area contributed by atoms with Crippen LogP contribution in [0.1, 0.15) is 52.4 Å². The van der Waals surface area contributed by atoms with Crippen LogP contribution in [0.15, 0.2) is 0 Å². The first-order valence-corrected chi connectivity index (χ1v) is 7.81. The standard InChI is InChI=1S/C15H28N2O2/c1-12-7-3-6-10-17(12)15(19)11-16-9-5-4-8-14(16)13(2)18/h12-14,18H,3-11H2,1-2H3. The maximum absolute atomic E-state index is 12.4. The fourth-order valence-electron chi connectivity index (χ4n) is 3.49. The van der Waals surface area contributed by atoms with E-state index >= 15 is 0 Å². The Kier molecular flexibility index (Phi) is 5.22. The van der Waals surface area contributed by atoms with Gasteiger partial charge in [0.15, 0.2) is 0 Å². The molecule has 2 saturated heterocycles. The van der Waals surface area contributed by atoms with E-state index in [9.17, 15) is 9.90 Å². The van der Waals surface area contributed by atoms with Crippen LogP contribution in [0.3, 0.4) is 0 Å². The molecule has 0 aliphatic carbocycles. The zero-order valence-electron chi connectivity index (χ0n) is 12.3. The summed E-state index contributed by atoms with van der Waals surface area (Å²) in [5.41, 5.74) is 0. The normalized spacial score (nSPS) is 31.2. The fourth-order valence-corrected chi connectivity index (χ4v) is 3.49. The van der Waals surface area contributed by atoms with Gasteiger partial charge in [0, 0.05) is 18.6 Å². The average Bonchev–Trinajstić information content (AvgIpc) is 2.39. The summed E-state index contributed by atoms with van der Waals surface area (Å²) in [5, 5.41) is 9.86. The molecule has 19 heavy (non-hydrogen) atoms. The SMILES string of the molecule is CC(O)C1CCCCN1CC(=O)N1CCCCC1C. The van der Waals surface area contributed by atoms with Crippen molar-refractivity contribution in [3.05, 3.63) is 0 Å². The lowest BCUT2D eigenvalue weighted by Gasteiger charge is -2.40. The van der Waals surface area contributed by atoms with Crippen molar-refractivity contribution in [2.75, 3.05) is 19.6 Å². The van der Waals surface area contributed by atoms with Crippen LogP contribution in [0.5, 0.6) is 0 Å². The molecule has 4 nitrogen and oxygen atoms in total. The predicted octanol–water partition coefficient (Wildman–Crippen LogP) is 1.62. The van der Waals surface area contributed by atoms with Gasteiger partial charge in [0.1, 0.15) is 0 Å². The quantitative estimate of drug-likeness (QED) is 0.846. The Morgan fingerprint density at radius 1 is 1.21 bits per heavy atom. The summed E-state index contributed by atoms with van der Waals surface area (Å²) in [5.74, 6) is 0.250. The average molecular weight is 268 g/mol. The van der Waals surface area contributed by atoms with E-state index in [4.69, 9.17) is 0 Å². The van der Waals surface area contributed by atoms with E-state index in [1.165, 1.54) is 12.8 Å². The van der Waals surface area contributed by atoms with Crippen molar-refractivity contribution in [2.24, 2.45) is 0 Å². The highest BCUT2D eigenvalue weighted by atomic mass is 16.3. The molecule has 0 bridgehead atoms. The monoisotopic (exact) mass is 268 g/mol. The molecule has 1 N–H and O–H groups in total. The number of aliphatic hydroxyl groups excluding tert-OH is 1. The number of hydrogen-bond donors (Lipinski definition) is 1. The minimum Gasteiger partial charge on any atom is -0.392 e. The van der Waals surface area contributed by atoms with Gasteiger partial charge >= 0.3 is 0 Å². The second kappa shape index (κ2) is 6.71. The lowest BCUT2D eigenvalue weighted by molar-refractivity contribution is -0.137. The molecular formula is C15H28N2O2. The van der Waals surface area contributed by atoms with E-state index in [1.54, 1.807) is 0 Å². The molecule has 4 heteroatoms. The second-order valence-electron chi connectivity index (χ2n) is 6.21. The third kappa shape index (κ3) is 3.69. The van der Waals surface area contributed by atoms with Gasteiger partial charge < -0.3 is 10.0 Å². The molecular weight excluding hydrogens is 240 g/mol. The number of piperidine rings is 2. The molecule has 2 aliphatic heterocycles. The number of carbonyl (C=O) groups is 1.